The first-order valence-electron chi connectivity index (χ1n) is 3.13. The van der Waals surface area contributed by atoms with Gasteiger partial charge in [-0.15, -0.1) is 0 Å². The Morgan fingerprint density at radius 2 is 2.09 bits per heavy atom. The third-order valence-electron chi connectivity index (χ3n) is 1.50. The first kappa shape index (κ1) is 7.71. The maximum atomic E-state index is 10.8. The predicted octanol–water partition coefficient (Wildman–Crippen LogP) is -0.512. The molecule has 0 aromatic heterocycles. The van der Waals surface area contributed by atoms with E-state index in [0.717, 1.165) is 4.90 Å². The van der Waals surface area contributed by atoms with E-state index < -0.39 is 23.9 Å². The second kappa shape index (κ2) is 2.34. The minimum atomic E-state index is -0.755. The molecule has 11 heavy (non-hydrogen) atoms. The van der Waals surface area contributed by atoms with Crippen molar-refractivity contribution in [2.75, 3.05) is 0 Å². The zero-order chi connectivity index (χ0) is 8.59. The van der Waals surface area contributed by atoms with E-state index in [0.29, 0.717) is 0 Å². The zero-order valence-corrected chi connectivity index (χ0v) is 6.20. The highest BCUT2D eigenvalue weighted by molar-refractivity contribution is 6.10. The number of rotatable bonds is 0. The molecule has 0 saturated carbocycles. The number of amides is 4. The standard InChI is InChI=1S/C6H7N2O3/c1-3-5(10)7-6(11)8(3)4(2)9/h3H,1-2H3. The maximum absolute atomic E-state index is 10.8. The maximum Gasteiger partial charge on any atom is 0.354 e. The van der Waals surface area contributed by atoms with Crippen molar-refractivity contribution < 1.29 is 14.4 Å². The minimum Gasteiger partial charge on any atom is -0.275 e. The summed E-state index contributed by atoms with van der Waals surface area (Å²) < 4.78 is 0. The van der Waals surface area contributed by atoms with Gasteiger partial charge in [-0.3, -0.25) is 14.5 Å². The van der Waals surface area contributed by atoms with Gasteiger partial charge in [0.05, 0.1) is 0 Å². The van der Waals surface area contributed by atoms with Crippen molar-refractivity contribution in [2.45, 2.75) is 19.9 Å². The van der Waals surface area contributed by atoms with Gasteiger partial charge < -0.3 is 0 Å². The molecule has 1 radical (unpaired) electrons. The fourth-order valence-electron chi connectivity index (χ4n) is 0.925. The molecule has 1 unspecified atom stereocenters. The summed E-state index contributed by atoms with van der Waals surface area (Å²) in [5, 5.41) is 3.10. The highest BCUT2D eigenvalue weighted by Gasteiger charge is 2.39. The lowest BCUT2D eigenvalue weighted by Gasteiger charge is -2.11. The first-order valence-corrected chi connectivity index (χ1v) is 3.13. The number of carbonyl (C=O) groups excluding carboxylic acids is 3. The van der Waals surface area contributed by atoms with Crippen molar-refractivity contribution in [3.63, 3.8) is 0 Å². The Morgan fingerprint density at radius 1 is 1.55 bits per heavy atom. The van der Waals surface area contributed by atoms with Crippen LogP contribution in [0.4, 0.5) is 4.79 Å². The van der Waals surface area contributed by atoms with Crippen LogP contribution in [0.15, 0.2) is 0 Å². The van der Waals surface area contributed by atoms with E-state index in [1.54, 1.807) is 0 Å². The summed E-state index contributed by atoms with van der Waals surface area (Å²) in [6.07, 6.45) is 0. The van der Waals surface area contributed by atoms with Crippen LogP contribution in [0.2, 0.25) is 0 Å². The van der Waals surface area contributed by atoms with Gasteiger partial charge in [0.1, 0.15) is 6.04 Å². The third kappa shape index (κ3) is 1.09. The number of imide groups is 2. The summed E-state index contributed by atoms with van der Waals surface area (Å²) in [7, 11) is 0. The Kier molecular flexibility index (Phi) is 1.64. The summed E-state index contributed by atoms with van der Waals surface area (Å²) in [5.41, 5.74) is 0. The summed E-state index contributed by atoms with van der Waals surface area (Å²) in [6, 6.07) is -1.48. The van der Waals surface area contributed by atoms with Crippen LogP contribution in [0.5, 0.6) is 0 Å². The van der Waals surface area contributed by atoms with Crippen molar-refractivity contribution in [3.05, 3.63) is 0 Å². The van der Waals surface area contributed by atoms with Gasteiger partial charge in [0.15, 0.2) is 0 Å². The molecule has 1 rings (SSSR count). The third-order valence-corrected chi connectivity index (χ3v) is 1.50. The zero-order valence-electron chi connectivity index (χ0n) is 6.20. The van der Waals surface area contributed by atoms with Crippen LogP contribution in [0.3, 0.4) is 0 Å². The summed E-state index contributed by atoms with van der Waals surface area (Å²) in [4.78, 5) is 33.0. The second-order valence-corrected chi connectivity index (χ2v) is 2.30. The predicted molar refractivity (Wildman–Crippen MR) is 34.5 cm³/mol. The van der Waals surface area contributed by atoms with Gasteiger partial charge in [0.25, 0.3) is 5.91 Å². The van der Waals surface area contributed by atoms with Crippen LogP contribution in [0, 0.1) is 0 Å². The van der Waals surface area contributed by atoms with Crippen molar-refractivity contribution >= 4 is 17.8 Å². The smallest absolute Gasteiger partial charge is 0.275 e. The Labute approximate surface area is 63.4 Å². The molecular weight excluding hydrogens is 148 g/mol. The highest BCUT2D eigenvalue weighted by atomic mass is 16.2. The summed E-state index contributed by atoms with van der Waals surface area (Å²) in [5.74, 6) is -0.998. The van der Waals surface area contributed by atoms with E-state index >= 15 is 0 Å². The van der Waals surface area contributed by atoms with E-state index in [-0.39, 0.29) is 0 Å². The quantitative estimate of drug-likeness (QED) is 0.442. The first-order chi connectivity index (χ1) is 5.04. The molecule has 1 atom stereocenters. The van der Waals surface area contributed by atoms with E-state index in [1.807, 2.05) is 0 Å². The summed E-state index contributed by atoms with van der Waals surface area (Å²) >= 11 is 0. The topological polar surface area (TPSA) is 68.6 Å². The van der Waals surface area contributed by atoms with E-state index in [4.69, 9.17) is 0 Å². The normalized spacial score (nSPS) is 23.8. The Hall–Kier alpha value is -1.39. The molecule has 1 fully saturated rings. The highest BCUT2D eigenvalue weighted by Crippen LogP contribution is 2.08. The van der Waals surface area contributed by atoms with Crippen LogP contribution >= 0.6 is 0 Å². The van der Waals surface area contributed by atoms with Gasteiger partial charge in [-0.05, 0) is 6.92 Å². The molecule has 1 heterocycles. The molecule has 59 valence electrons. The molecule has 4 amide bonds. The Morgan fingerprint density at radius 3 is 2.27 bits per heavy atom. The van der Waals surface area contributed by atoms with Crippen molar-refractivity contribution in [1.29, 1.82) is 0 Å². The molecule has 1 saturated heterocycles. The Bertz CT molecular complexity index is 236. The van der Waals surface area contributed by atoms with Crippen LogP contribution in [0.1, 0.15) is 13.8 Å². The minimum absolute atomic E-state index is 0.447. The molecule has 0 aromatic rings. The molecule has 0 N–H and O–H groups in total. The van der Waals surface area contributed by atoms with Crippen LogP contribution < -0.4 is 5.32 Å². The number of nitrogens with zero attached hydrogens (tertiary/aromatic N) is 2. The van der Waals surface area contributed by atoms with Crippen LogP contribution in [-0.2, 0) is 9.59 Å². The molecule has 5 nitrogen and oxygen atoms in total. The molecule has 0 bridgehead atoms. The van der Waals surface area contributed by atoms with Crippen LogP contribution in [0.25, 0.3) is 0 Å². The van der Waals surface area contributed by atoms with Gasteiger partial charge in [-0.2, -0.15) is 5.32 Å². The van der Waals surface area contributed by atoms with Gasteiger partial charge in [-0.1, -0.05) is 0 Å². The fraction of sp³-hybridized carbons (Fsp3) is 0.500. The molecule has 0 spiro atoms. The van der Waals surface area contributed by atoms with Crippen molar-refractivity contribution in [1.82, 2.24) is 10.2 Å². The van der Waals surface area contributed by atoms with Crippen molar-refractivity contribution in [3.8, 4) is 0 Å². The van der Waals surface area contributed by atoms with Gasteiger partial charge in [0.2, 0.25) is 5.91 Å². The summed E-state index contributed by atoms with van der Waals surface area (Å²) in [6.45, 7) is 2.70. The Balaban J connectivity index is 2.88. The average molecular weight is 155 g/mol. The molecule has 1 aliphatic heterocycles. The number of hydrogen-bond acceptors (Lipinski definition) is 3. The number of hydrogen-bond donors (Lipinski definition) is 0. The average Bonchev–Trinajstić information content (AvgIpc) is 2.07. The lowest BCUT2D eigenvalue weighted by atomic mass is 10.3. The van der Waals surface area contributed by atoms with E-state index in [1.165, 1.54) is 13.8 Å². The molecular formula is C6H7N2O3. The van der Waals surface area contributed by atoms with Crippen molar-refractivity contribution in [2.24, 2.45) is 0 Å². The van der Waals surface area contributed by atoms with Gasteiger partial charge >= 0.3 is 6.03 Å². The number of carbonyl (C=O) groups is 3. The number of urea groups is 1. The van der Waals surface area contributed by atoms with E-state index in [9.17, 15) is 14.4 Å². The molecule has 1 aliphatic rings. The van der Waals surface area contributed by atoms with E-state index in [2.05, 4.69) is 5.32 Å². The SMILES string of the molecule is CC(=O)N1C(=O)[N]C(=O)C1C. The monoisotopic (exact) mass is 155 g/mol. The lowest BCUT2D eigenvalue weighted by Crippen LogP contribution is -2.36. The van der Waals surface area contributed by atoms with Gasteiger partial charge in [-0.25, -0.2) is 4.79 Å². The van der Waals surface area contributed by atoms with Gasteiger partial charge in [0, 0.05) is 6.92 Å². The second-order valence-electron chi connectivity index (χ2n) is 2.30. The fourth-order valence-corrected chi connectivity index (χ4v) is 0.925. The lowest BCUT2D eigenvalue weighted by molar-refractivity contribution is -0.131. The van der Waals surface area contributed by atoms with Crippen LogP contribution in [-0.4, -0.2) is 28.8 Å². The largest absolute Gasteiger partial charge is 0.354 e. The molecule has 5 heteroatoms. The molecule has 0 aromatic carbocycles. The molecule has 0 aliphatic carbocycles.